The van der Waals surface area contributed by atoms with Crippen LogP contribution in [0.15, 0.2) is 308 Å². The van der Waals surface area contributed by atoms with Crippen LogP contribution in [0.1, 0.15) is 5.56 Å². The minimum absolute atomic E-state index is 0.161. The Morgan fingerprint density at radius 1 is 0.333 bits per heavy atom. The van der Waals surface area contributed by atoms with Crippen molar-refractivity contribution in [2.24, 2.45) is 0 Å². The lowest BCUT2D eigenvalue weighted by molar-refractivity contribution is 0.488. The lowest BCUT2D eigenvalue weighted by Crippen LogP contribution is -2.63. The first-order chi connectivity index (χ1) is 41.7. The Kier molecular flexibility index (Phi) is 12.1. The summed E-state index contributed by atoms with van der Waals surface area (Å²) in [6, 6.07) is 108. The fourth-order valence-electron chi connectivity index (χ4n) is 13.4. The number of benzene rings is 12. The van der Waals surface area contributed by atoms with Crippen LogP contribution in [-0.4, -0.2) is 19.7 Å². The maximum absolute atomic E-state index is 7.75. The Morgan fingerprint density at radius 3 is 1.33 bits per heavy atom. The quantitative estimate of drug-likeness (QED) is 0.0940. The van der Waals surface area contributed by atoms with E-state index in [2.05, 4.69) is 334 Å². The largest absolute Gasteiger partial charge is 0.458 e. The first-order valence-corrected chi connectivity index (χ1v) is 29.9. The van der Waals surface area contributed by atoms with Crippen LogP contribution in [0, 0.1) is 0 Å². The van der Waals surface area contributed by atoms with Gasteiger partial charge in [-0.3, -0.25) is 0 Å². The summed E-state index contributed by atoms with van der Waals surface area (Å²) in [6.45, 7) is -0.377. The molecule has 84 heavy (non-hydrogen) atoms. The zero-order valence-electron chi connectivity index (χ0n) is 46.1. The number of hydrogen-bond donors (Lipinski definition) is 0. The minimum Gasteiger partial charge on any atom is -0.458 e. The predicted molar refractivity (Wildman–Crippen MR) is 356 cm³/mol. The van der Waals surface area contributed by atoms with Crippen molar-refractivity contribution in [1.29, 1.82) is 0 Å². The summed E-state index contributed by atoms with van der Waals surface area (Å²) >= 11 is 1.79. The van der Waals surface area contributed by atoms with Gasteiger partial charge in [-0.1, -0.05) is 170 Å². The summed E-state index contributed by atoms with van der Waals surface area (Å²) in [6.07, 6.45) is 4.61. The molecule has 0 amide bonds. The van der Waals surface area contributed by atoms with Crippen molar-refractivity contribution >= 4 is 138 Å². The van der Waals surface area contributed by atoms with Crippen molar-refractivity contribution in [3.8, 4) is 11.5 Å². The van der Waals surface area contributed by atoms with Crippen LogP contribution < -0.4 is 56.6 Å². The highest BCUT2D eigenvalue weighted by Gasteiger charge is 2.48. The summed E-state index contributed by atoms with van der Waals surface area (Å²) in [5, 5.41) is 0. The number of fused-ring (bicyclic) bond motifs is 6. The van der Waals surface area contributed by atoms with Gasteiger partial charge >= 0.3 is 0 Å². The van der Waals surface area contributed by atoms with Gasteiger partial charge in [-0.15, -0.1) is 11.8 Å². The van der Waals surface area contributed by atoms with Crippen LogP contribution in [0.3, 0.4) is 0 Å². The van der Waals surface area contributed by atoms with E-state index in [4.69, 9.17) is 4.74 Å². The van der Waals surface area contributed by atoms with Crippen LogP contribution >= 0.6 is 11.8 Å². The van der Waals surface area contributed by atoms with E-state index < -0.39 is 0 Å². The van der Waals surface area contributed by atoms with Crippen molar-refractivity contribution in [3.63, 3.8) is 0 Å². The number of ether oxygens (including phenoxy) is 1. The average molecular weight is 1090 g/mol. The molecule has 4 aliphatic heterocycles. The smallest absolute Gasteiger partial charge is 0.256 e. The third-order valence-corrected chi connectivity index (χ3v) is 17.7. The highest BCUT2D eigenvalue weighted by atomic mass is 32.2. The number of nitrogens with zero attached hydrogens (tertiary/aromatic N) is 5. The topological polar surface area (TPSA) is 25.4 Å². The molecule has 4 aliphatic rings. The molecular formula is C75H53B2N5OS. The standard InChI is InChI=1S/C75H53B2N5OS/c1-84-73-44-26-23-41-61(73)65-51-78(52-27-9-2-10-28-52)68-45-60(80(55-33-15-5-16-34-55)56-35-17-6-18-36-56)48-72-75(68)77(65)64-49-63-67(50-71(64)83-72)82(58-39-21-8-22-40-58)70-47-59(79(53-29-11-3-12-30-53)54-31-13-4-14-32-54)46-69-74(70)76(63)62-42-24-25-43-66(62)81(69)57-37-19-7-20-38-57/h2-51H,1H3. The Labute approximate surface area is 495 Å². The molecular weight excluding hydrogens is 1040 g/mol. The van der Waals surface area contributed by atoms with Gasteiger partial charge in [-0.05, 0) is 160 Å². The van der Waals surface area contributed by atoms with Gasteiger partial charge in [0.15, 0.2) is 0 Å². The Morgan fingerprint density at radius 2 is 0.786 bits per heavy atom. The van der Waals surface area contributed by atoms with Crippen LogP contribution in [-0.2, 0) is 0 Å². The fourth-order valence-corrected chi connectivity index (χ4v) is 14.0. The zero-order valence-corrected chi connectivity index (χ0v) is 46.9. The van der Waals surface area contributed by atoms with E-state index in [1.807, 2.05) is 0 Å². The van der Waals surface area contributed by atoms with Crippen LogP contribution in [0.5, 0.6) is 11.5 Å². The molecule has 9 heteroatoms. The second kappa shape index (κ2) is 20.6. The summed E-state index contributed by atoms with van der Waals surface area (Å²) in [5.41, 5.74) is 23.4. The molecule has 0 atom stereocenters. The summed E-state index contributed by atoms with van der Waals surface area (Å²) in [7, 11) is 0. The number of hydrogen-bond acceptors (Lipinski definition) is 7. The molecule has 0 spiro atoms. The van der Waals surface area contributed by atoms with Crippen molar-refractivity contribution in [3.05, 3.63) is 309 Å². The predicted octanol–water partition coefficient (Wildman–Crippen LogP) is 16.9. The normalized spacial score (nSPS) is 13.2. The molecule has 0 N–H and O–H groups in total. The Balaban J connectivity index is 0.996. The summed E-state index contributed by atoms with van der Waals surface area (Å²) < 4.78 is 7.75. The van der Waals surface area contributed by atoms with E-state index in [9.17, 15) is 0 Å². The van der Waals surface area contributed by atoms with E-state index >= 15 is 0 Å². The molecule has 6 nitrogen and oxygen atoms in total. The van der Waals surface area contributed by atoms with Crippen molar-refractivity contribution in [2.75, 3.05) is 30.8 Å². The van der Waals surface area contributed by atoms with Crippen molar-refractivity contribution in [1.82, 2.24) is 0 Å². The number of anilines is 14. The van der Waals surface area contributed by atoms with E-state index in [-0.39, 0.29) is 13.4 Å². The van der Waals surface area contributed by atoms with Gasteiger partial charge in [-0.25, -0.2) is 0 Å². The first kappa shape index (κ1) is 49.5. The second-order valence-electron chi connectivity index (χ2n) is 21.6. The number of para-hydroxylation sites is 8. The van der Waals surface area contributed by atoms with Gasteiger partial charge in [-0.2, -0.15) is 0 Å². The van der Waals surface area contributed by atoms with Gasteiger partial charge in [0.25, 0.3) is 13.4 Å². The molecule has 12 aromatic rings. The monoisotopic (exact) mass is 1090 g/mol. The van der Waals surface area contributed by atoms with E-state index in [1.54, 1.807) is 11.8 Å². The van der Waals surface area contributed by atoms with Gasteiger partial charge in [0.2, 0.25) is 0 Å². The van der Waals surface area contributed by atoms with Crippen molar-refractivity contribution < 1.29 is 4.74 Å². The van der Waals surface area contributed by atoms with Crippen LogP contribution in [0.4, 0.5) is 79.6 Å². The van der Waals surface area contributed by atoms with Crippen molar-refractivity contribution in [2.45, 2.75) is 4.90 Å². The Hall–Kier alpha value is -10.3. The van der Waals surface area contributed by atoms with Gasteiger partial charge in [0.05, 0.1) is 11.4 Å². The third kappa shape index (κ3) is 8.14. The molecule has 0 bridgehead atoms. The average Bonchev–Trinajstić information content (AvgIpc) is 0.803. The van der Waals surface area contributed by atoms with E-state index in [0.29, 0.717) is 0 Å². The molecule has 0 radical (unpaired) electrons. The van der Waals surface area contributed by atoms with E-state index in [1.165, 1.54) is 32.3 Å². The summed E-state index contributed by atoms with van der Waals surface area (Å²) in [5.74, 6) is 1.65. The molecule has 0 fully saturated rings. The first-order valence-electron chi connectivity index (χ1n) is 28.7. The SMILES string of the molecule is CSc1ccccc1C1=CN(c2ccccc2)c2cc(N(c3ccccc3)c3ccccc3)cc3c2B1c1cc2c(cc1O3)N(c1ccccc1)c1cc(N(c3ccccc3)c3ccccc3)cc3c1B2c1ccccc1N3c1ccccc1. The molecule has 4 heterocycles. The molecule has 0 saturated carbocycles. The molecule has 12 aromatic carbocycles. The highest BCUT2D eigenvalue weighted by Crippen LogP contribution is 2.51. The lowest BCUT2D eigenvalue weighted by Gasteiger charge is -2.46. The molecule has 396 valence electrons. The summed E-state index contributed by atoms with van der Waals surface area (Å²) in [4.78, 5) is 13.4. The van der Waals surface area contributed by atoms with Gasteiger partial charge in [0.1, 0.15) is 11.5 Å². The van der Waals surface area contributed by atoms with Crippen LogP contribution in [0.2, 0.25) is 0 Å². The Bertz CT molecular complexity index is 4400. The molecule has 0 aromatic heterocycles. The fraction of sp³-hybridized carbons (Fsp3) is 0.0133. The molecule has 16 rings (SSSR count). The second-order valence-corrected chi connectivity index (χ2v) is 22.4. The lowest BCUT2D eigenvalue weighted by atomic mass is 9.30. The van der Waals surface area contributed by atoms with Crippen LogP contribution in [0.25, 0.3) is 5.47 Å². The number of rotatable bonds is 11. The maximum Gasteiger partial charge on any atom is 0.256 e. The third-order valence-electron chi connectivity index (χ3n) is 16.9. The zero-order chi connectivity index (χ0) is 55.7. The van der Waals surface area contributed by atoms with Gasteiger partial charge in [0, 0.05) is 91.5 Å². The highest BCUT2D eigenvalue weighted by molar-refractivity contribution is 7.98. The number of thioether (sulfide) groups is 1. The molecule has 0 aliphatic carbocycles. The molecule has 0 saturated heterocycles. The molecule has 0 unspecified atom stereocenters. The van der Waals surface area contributed by atoms with E-state index in [0.717, 1.165) is 102 Å². The van der Waals surface area contributed by atoms with Gasteiger partial charge < -0.3 is 29.2 Å². The minimum atomic E-state index is -0.216. The maximum atomic E-state index is 7.75.